The number of anilines is 2. The van der Waals surface area contributed by atoms with Crippen molar-refractivity contribution in [2.24, 2.45) is 0 Å². The highest BCUT2D eigenvalue weighted by molar-refractivity contribution is 5.59. The summed E-state index contributed by atoms with van der Waals surface area (Å²) in [5, 5.41) is 8.65. The lowest BCUT2D eigenvalue weighted by Crippen LogP contribution is -2.47. The number of benzene rings is 1. The van der Waals surface area contributed by atoms with Gasteiger partial charge in [-0.05, 0) is 49.4 Å². The summed E-state index contributed by atoms with van der Waals surface area (Å²) < 4.78 is 13.0. The van der Waals surface area contributed by atoms with E-state index in [-0.39, 0.29) is 5.82 Å². The Balaban J connectivity index is 1.42. The van der Waals surface area contributed by atoms with Gasteiger partial charge in [-0.3, -0.25) is 0 Å². The van der Waals surface area contributed by atoms with E-state index in [1.165, 1.54) is 12.1 Å². The fraction of sp³-hybridized carbons (Fsp3) is 0.263. The molecular formula is C19H19FN6. The van der Waals surface area contributed by atoms with Crippen LogP contribution in [0.15, 0.2) is 48.7 Å². The molecule has 1 fully saturated rings. The third-order valence-corrected chi connectivity index (χ3v) is 4.48. The van der Waals surface area contributed by atoms with E-state index < -0.39 is 0 Å². The zero-order valence-electron chi connectivity index (χ0n) is 14.5. The summed E-state index contributed by atoms with van der Waals surface area (Å²) >= 11 is 0. The molecule has 3 heterocycles. The van der Waals surface area contributed by atoms with Crippen LogP contribution in [0.5, 0.6) is 0 Å². The number of piperazine rings is 1. The fourth-order valence-electron chi connectivity index (χ4n) is 3.05. The van der Waals surface area contributed by atoms with E-state index in [4.69, 9.17) is 0 Å². The zero-order chi connectivity index (χ0) is 17.9. The predicted molar refractivity (Wildman–Crippen MR) is 98.6 cm³/mol. The summed E-state index contributed by atoms with van der Waals surface area (Å²) in [6.45, 7) is 5.36. The molecule has 4 rings (SSSR count). The van der Waals surface area contributed by atoms with Crippen molar-refractivity contribution in [3.05, 3.63) is 60.3 Å². The van der Waals surface area contributed by atoms with Crippen LogP contribution in [0.3, 0.4) is 0 Å². The standard InChI is InChI=1S/C19H19FN6/c1-14-21-9-8-18(22-14)25-10-12-26(13-11-25)19-7-6-17(23-24-19)15-2-4-16(20)5-3-15/h2-9H,10-13H2,1H3. The van der Waals surface area contributed by atoms with E-state index >= 15 is 0 Å². The molecule has 26 heavy (non-hydrogen) atoms. The van der Waals surface area contributed by atoms with E-state index in [0.29, 0.717) is 0 Å². The molecule has 0 unspecified atom stereocenters. The van der Waals surface area contributed by atoms with Crippen molar-refractivity contribution in [2.45, 2.75) is 6.92 Å². The Labute approximate surface area is 151 Å². The first kappa shape index (κ1) is 16.4. The Hall–Kier alpha value is -3.09. The van der Waals surface area contributed by atoms with Crippen molar-refractivity contribution in [1.29, 1.82) is 0 Å². The molecule has 2 aromatic heterocycles. The van der Waals surface area contributed by atoms with E-state index in [0.717, 1.165) is 54.9 Å². The van der Waals surface area contributed by atoms with Gasteiger partial charge in [-0.15, -0.1) is 10.2 Å². The van der Waals surface area contributed by atoms with Gasteiger partial charge in [-0.2, -0.15) is 0 Å². The van der Waals surface area contributed by atoms with Crippen LogP contribution in [0.2, 0.25) is 0 Å². The second-order valence-corrected chi connectivity index (χ2v) is 6.22. The Morgan fingerprint density at radius 2 is 1.50 bits per heavy atom. The maximum atomic E-state index is 13.0. The second-order valence-electron chi connectivity index (χ2n) is 6.22. The van der Waals surface area contributed by atoms with Crippen molar-refractivity contribution in [2.75, 3.05) is 36.0 Å². The lowest BCUT2D eigenvalue weighted by atomic mass is 10.1. The van der Waals surface area contributed by atoms with Crippen LogP contribution in [0.4, 0.5) is 16.0 Å². The molecule has 6 nitrogen and oxygen atoms in total. The van der Waals surface area contributed by atoms with Gasteiger partial charge in [0.05, 0.1) is 5.69 Å². The Morgan fingerprint density at radius 1 is 0.808 bits per heavy atom. The quantitative estimate of drug-likeness (QED) is 0.724. The number of nitrogens with zero attached hydrogens (tertiary/aromatic N) is 6. The summed E-state index contributed by atoms with van der Waals surface area (Å²) in [7, 11) is 0. The third-order valence-electron chi connectivity index (χ3n) is 4.48. The summed E-state index contributed by atoms with van der Waals surface area (Å²) in [5.41, 5.74) is 1.60. The first-order valence-corrected chi connectivity index (χ1v) is 8.58. The van der Waals surface area contributed by atoms with Crippen molar-refractivity contribution < 1.29 is 4.39 Å². The SMILES string of the molecule is Cc1nccc(N2CCN(c3ccc(-c4ccc(F)cc4)nn3)CC2)n1. The predicted octanol–water partition coefficient (Wildman–Crippen LogP) is 2.71. The van der Waals surface area contributed by atoms with E-state index in [1.54, 1.807) is 18.3 Å². The van der Waals surface area contributed by atoms with Crippen molar-refractivity contribution in [3.63, 3.8) is 0 Å². The van der Waals surface area contributed by atoms with Crippen LogP contribution in [0.1, 0.15) is 5.82 Å². The molecule has 0 N–H and O–H groups in total. The van der Waals surface area contributed by atoms with Crippen LogP contribution in [-0.4, -0.2) is 46.3 Å². The number of halogens is 1. The molecule has 1 aliphatic heterocycles. The maximum absolute atomic E-state index is 13.0. The number of aryl methyl sites for hydroxylation is 1. The van der Waals surface area contributed by atoms with Crippen molar-refractivity contribution in [1.82, 2.24) is 20.2 Å². The van der Waals surface area contributed by atoms with E-state index in [2.05, 4.69) is 30.0 Å². The molecule has 1 aromatic carbocycles. The third kappa shape index (κ3) is 3.46. The minimum absolute atomic E-state index is 0.255. The lowest BCUT2D eigenvalue weighted by molar-refractivity contribution is 0.628. The average Bonchev–Trinajstić information content (AvgIpc) is 2.69. The van der Waals surface area contributed by atoms with Crippen LogP contribution < -0.4 is 9.80 Å². The Morgan fingerprint density at radius 3 is 2.12 bits per heavy atom. The molecule has 7 heteroatoms. The number of hydrogen-bond acceptors (Lipinski definition) is 6. The summed E-state index contributed by atoms with van der Waals surface area (Å²) in [5.74, 6) is 2.35. The largest absolute Gasteiger partial charge is 0.353 e. The average molecular weight is 350 g/mol. The first-order chi connectivity index (χ1) is 12.7. The molecule has 1 aliphatic rings. The molecule has 0 saturated carbocycles. The van der Waals surface area contributed by atoms with Gasteiger partial charge < -0.3 is 9.80 Å². The molecule has 0 amide bonds. The first-order valence-electron chi connectivity index (χ1n) is 8.58. The highest BCUT2D eigenvalue weighted by Gasteiger charge is 2.19. The second kappa shape index (κ2) is 7.03. The smallest absolute Gasteiger partial charge is 0.151 e. The molecule has 0 atom stereocenters. The summed E-state index contributed by atoms with van der Waals surface area (Å²) in [6.07, 6.45) is 1.80. The summed E-state index contributed by atoms with van der Waals surface area (Å²) in [4.78, 5) is 13.1. The van der Waals surface area contributed by atoms with Gasteiger partial charge in [0.15, 0.2) is 5.82 Å². The van der Waals surface area contributed by atoms with Crippen molar-refractivity contribution >= 4 is 11.6 Å². The number of hydrogen-bond donors (Lipinski definition) is 0. The van der Waals surface area contributed by atoms with Gasteiger partial charge >= 0.3 is 0 Å². The minimum Gasteiger partial charge on any atom is -0.353 e. The molecule has 0 bridgehead atoms. The van der Waals surface area contributed by atoms with Crippen LogP contribution in [0, 0.1) is 12.7 Å². The molecule has 0 spiro atoms. The Bertz CT molecular complexity index is 873. The molecule has 132 valence electrons. The zero-order valence-corrected chi connectivity index (χ0v) is 14.5. The number of aromatic nitrogens is 4. The molecule has 1 saturated heterocycles. The molecule has 0 aliphatic carbocycles. The Kier molecular flexibility index (Phi) is 4.43. The van der Waals surface area contributed by atoms with E-state index in [1.807, 2.05) is 25.1 Å². The van der Waals surface area contributed by atoms with Gasteiger partial charge in [0.25, 0.3) is 0 Å². The van der Waals surface area contributed by atoms with E-state index in [9.17, 15) is 4.39 Å². The maximum Gasteiger partial charge on any atom is 0.151 e. The molecular weight excluding hydrogens is 331 g/mol. The number of rotatable bonds is 3. The molecule has 3 aromatic rings. The molecule has 0 radical (unpaired) electrons. The van der Waals surface area contributed by atoms with Gasteiger partial charge in [0.2, 0.25) is 0 Å². The van der Waals surface area contributed by atoms with Crippen LogP contribution in [0.25, 0.3) is 11.3 Å². The highest BCUT2D eigenvalue weighted by atomic mass is 19.1. The minimum atomic E-state index is -0.255. The van der Waals surface area contributed by atoms with Gasteiger partial charge in [-0.25, -0.2) is 14.4 Å². The summed E-state index contributed by atoms with van der Waals surface area (Å²) in [6, 6.07) is 12.1. The van der Waals surface area contributed by atoms with Gasteiger partial charge in [0.1, 0.15) is 17.5 Å². The topological polar surface area (TPSA) is 58.0 Å². The monoisotopic (exact) mass is 350 g/mol. The van der Waals surface area contributed by atoms with Gasteiger partial charge in [0, 0.05) is 37.9 Å². The lowest BCUT2D eigenvalue weighted by Gasteiger charge is -2.35. The van der Waals surface area contributed by atoms with Crippen LogP contribution in [-0.2, 0) is 0 Å². The van der Waals surface area contributed by atoms with Gasteiger partial charge in [-0.1, -0.05) is 0 Å². The highest BCUT2D eigenvalue weighted by Crippen LogP contribution is 2.20. The fourth-order valence-corrected chi connectivity index (χ4v) is 3.05. The van der Waals surface area contributed by atoms with Crippen molar-refractivity contribution in [3.8, 4) is 11.3 Å². The normalized spacial score (nSPS) is 14.5. The van der Waals surface area contributed by atoms with Crippen LogP contribution >= 0.6 is 0 Å².